The molecule has 1 amide bonds. The van der Waals surface area contributed by atoms with Crippen LogP contribution in [0.5, 0.6) is 0 Å². The Kier molecular flexibility index (Phi) is 3.96. The van der Waals surface area contributed by atoms with Crippen molar-refractivity contribution in [2.45, 2.75) is 37.8 Å². The number of carbonyl (C=O) groups is 1. The van der Waals surface area contributed by atoms with E-state index in [0.717, 1.165) is 31.2 Å². The van der Waals surface area contributed by atoms with E-state index >= 15 is 0 Å². The van der Waals surface area contributed by atoms with E-state index in [2.05, 4.69) is 15.5 Å². The average molecular weight is 286 g/mol. The zero-order chi connectivity index (χ0) is 14.7. The van der Waals surface area contributed by atoms with Crippen molar-refractivity contribution in [3.63, 3.8) is 0 Å². The Hall–Kier alpha value is -2.21. The minimum Gasteiger partial charge on any atom is -0.355 e. The van der Waals surface area contributed by atoms with Gasteiger partial charge in [-0.3, -0.25) is 9.78 Å². The third kappa shape index (κ3) is 3.28. The molecule has 6 heteroatoms. The minimum absolute atomic E-state index is 0.179. The third-order valence-electron chi connectivity index (χ3n) is 3.81. The fraction of sp³-hybridized carbons (Fsp3) is 0.400. The zero-order valence-electron chi connectivity index (χ0n) is 11.7. The van der Waals surface area contributed by atoms with Crippen molar-refractivity contribution in [1.29, 1.82) is 0 Å². The highest BCUT2D eigenvalue weighted by molar-refractivity contribution is 5.93. The molecular weight excluding hydrogens is 268 g/mol. The van der Waals surface area contributed by atoms with E-state index in [1.807, 2.05) is 12.1 Å². The second kappa shape index (κ2) is 6.05. The van der Waals surface area contributed by atoms with Crippen molar-refractivity contribution in [2.75, 3.05) is 0 Å². The van der Waals surface area contributed by atoms with Gasteiger partial charge >= 0.3 is 0 Å². The molecule has 1 saturated carbocycles. The third-order valence-corrected chi connectivity index (χ3v) is 3.81. The van der Waals surface area contributed by atoms with Crippen LogP contribution in [-0.2, 0) is 0 Å². The van der Waals surface area contributed by atoms with Crippen molar-refractivity contribution < 1.29 is 9.32 Å². The van der Waals surface area contributed by atoms with Crippen LogP contribution in [0, 0.1) is 0 Å². The Morgan fingerprint density at radius 1 is 1.24 bits per heavy atom. The standard InChI is InChI=1S/C15H18N4O2/c16-11-1-3-12(4-2-11)18-15(20)13-9-14(21-19-13)10-5-7-17-8-6-10/h5-9,11-12H,1-4,16H2,(H,18,20). The second-order valence-electron chi connectivity index (χ2n) is 5.40. The summed E-state index contributed by atoms with van der Waals surface area (Å²) in [6.07, 6.45) is 7.08. The Labute approximate surface area is 122 Å². The molecule has 21 heavy (non-hydrogen) atoms. The van der Waals surface area contributed by atoms with Crippen molar-refractivity contribution in [2.24, 2.45) is 5.73 Å². The van der Waals surface area contributed by atoms with Gasteiger partial charge in [-0.2, -0.15) is 0 Å². The molecule has 0 atom stereocenters. The number of aromatic nitrogens is 2. The smallest absolute Gasteiger partial charge is 0.273 e. The van der Waals surface area contributed by atoms with Gasteiger partial charge in [-0.25, -0.2) is 0 Å². The molecule has 2 aromatic rings. The average Bonchev–Trinajstić information content (AvgIpc) is 3.00. The number of amides is 1. The molecule has 3 N–H and O–H groups in total. The molecule has 0 radical (unpaired) electrons. The van der Waals surface area contributed by atoms with E-state index in [1.165, 1.54) is 0 Å². The monoisotopic (exact) mass is 286 g/mol. The first-order valence-corrected chi connectivity index (χ1v) is 7.16. The maximum absolute atomic E-state index is 12.2. The quantitative estimate of drug-likeness (QED) is 0.896. The molecular formula is C15H18N4O2. The number of carbonyl (C=O) groups excluding carboxylic acids is 1. The summed E-state index contributed by atoms with van der Waals surface area (Å²) in [7, 11) is 0. The molecule has 1 fully saturated rings. The van der Waals surface area contributed by atoms with Gasteiger partial charge in [0.05, 0.1) is 0 Å². The summed E-state index contributed by atoms with van der Waals surface area (Å²) in [6, 6.07) is 5.72. The SMILES string of the molecule is NC1CCC(NC(=O)c2cc(-c3ccncc3)on2)CC1. The van der Waals surface area contributed by atoms with Crippen molar-refractivity contribution in [1.82, 2.24) is 15.5 Å². The van der Waals surface area contributed by atoms with Crippen LogP contribution in [0.3, 0.4) is 0 Å². The highest BCUT2D eigenvalue weighted by Gasteiger charge is 2.22. The molecule has 2 heterocycles. The Morgan fingerprint density at radius 2 is 1.95 bits per heavy atom. The number of hydrogen-bond donors (Lipinski definition) is 2. The van der Waals surface area contributed by atoms with Gasteiger partial charge in [0.2, 0.25) is 0 Å². The number of rotatable bonds is 3. The number of nitrogens with zero attached hydrogens (tertiary/aromatic N) is 2. The molecule has 6 nitrogen and oxygen atoms in total. The summed E-state index contributed by atoms with van der Waals surface area (Å²) in [4.78, 5) is 16.1. The number of hydrogen-bond acceptors (Lipinski definition) is 5. The lowest BCUT2D eigenvalue weighted by Crippen LogP contribution is -2.40. The van der Waals surface area contributed by atoms with Crippen LogP contribution in [0.2, 0.25) is 0 Å². The van der Waals surface area contributed by atoms with Crippen LogP contribution >= 0.6 is 0 Å². The molecule has 2 aromatic heterocycles. The Balaban J connectivity index is 1.64. The first-order chi connectivity index (χ1) is 10.2. The molecule has 0 unspecified atom stereocenters. The van der Waals surface area contributed by atoms with E-state index in [4.69, 9.17) is 10.3 Å². The fourth-order valence-corrected chi connectivity index (χ4v) is 2.56. The minimum atomic E-state index is -0.195. The summed E-state index contributed by atoms with van der Waals surface area (Å²) < 4.78 is 5.22. The van der Waals surface area contributed by atoms with Gasteiger partial charge in [-0.1, -0.05) is 5.16 Å². The van der Waals surface area contributed by atoms with E-state index < -0.39 is 0 Å². The lowest BCUT2D eigenvalue weighted by molar-refractivity contribution is 0.0917. The van der Waals surface area contributed by atoms with Gasteiger partial charge in [0.1, 0.15) is 0 Å². The molecule has 110 valence electrons. The Bertz CT molecular complexity index is 603. The highest BCUT2D eigenvalue weighted by atomic mass is 16.5. The van der Waals surface area contributed by atoms with Gasteiger partial charge in [0.15, 0.2) is 11.5 Å². The summed E-state index contributed by atoms with van der Waals surface area (Å²) in [5.74, 6) is 0.368. The van der Waals surface area contributed by atoms with Crippen LogP contribution in [0.15, 0.2) is 35.1 Å². The summed E-state index contributed by atoms with van der Waals surface area (Å²) in [6.45, 7) is 0. The lowest BCUT2D eigenvalue weighted by atomic mass is 9.92. The second-order valence-corrected chi connectivity index (χ2v) is 5.40. The summed E-state index contributed by atoms with van der Waals surface area (Å²) in [5, 5.41) is 6.83. The van der Waals surface area contributed by atoms with Crippen LogP contribution in [0.4, 0.5) is 0 Å². The van der Waals surface area contributed by atoms with E-state index in [1.54, 1.807) is 18.5 Å². The molecule has 1 aliphatic carbocycles. The molecule has 0 saturated heterocycles. The lowest BCUT2D eigenvalue weighted by Gasteiger charge is -2.26. The predicted molar refractivity (Wildman–Crippen MR) is 77.4 cm³/mol. The molecule has 0 aliphatic heterocycles. The van der Waals surface area contributed by atoms with E-state index in [0.29, 0.717) is 11.5 Å². The van der Waals surface area contributed by atoms with Gasteiger partial charge < -0.3 is 15.6 Å². The van der Waals surface area contributed by atoms with Gasteiger partial charge in [-0.05, 0) is 37.8 Å². The topological polar surface area (TPSA) is 94.0 Å². The Morgan fingerprint density at radius 3 is 2.67 bits per heavy atom. The van der Waals surface area contributed by atoms with Crippen LogP contribution in [0.25, 0.3) is 11.3 Å². The van der Waals surface area contributed by atoms with Crippen LogP contribution < -0.4 is 11.1 Å². The van der Waals surface area contributed by atoms with Gasteiger partial charge in [0, 0.05) is 36.1 Å². The van der Waals surface area contributed by atoms with E-state index in [-0.39, 0.29) is 18.0 Å². The van der Waals surface area contributed by atoms with Crippen LogP contribution in [0.1, 0.15) is 36.2 Å². The maximum atomic E-state index is 12.2. The molecule has 1 aliphatic rings. The largest absolute Gasteiger partial charge is 0.355 e. The van der Waals surface area contributed by atoms with Crippen LogP contribution in [-0.4, -0.2) is 28.1 Å². The fourth-order valence-electron chi connectivity index (χ4n) is 2.56. The highest BCUT2D eigenvalue weighted by Crippen LogP contribution is 2.20. The predicted octanol–water partition coefficient (Wildman–Crippen LogP) is 1.74. The zero-order valence-corrected chi connectivity index (χ0v) is 11.7. The van der Waals surface area contributed by atoms with Crippen molar-refractivity contribution in [3.8, 4) is 11.3 Å². The first-order valence-electron chi connectivity index (χ1n) is 7.16. The molecule has 0 aromatic carbocycles. The maximum Gasteiger partial charge on any atom is 0.273 e. The van der Waals surface area contributed by atoms with E-state index in [9.17, 15) is 4.79 Å². The van der Waals surface area contributed by atoms with Crippen molar-refractivity contribution >= 4 is 5.91 Å². The van der Waals surface area contributed by atoms with Crippen molar-refractivity contribution in [3.05, 3.63) is 36.3 Å². The summed E-state index contributed by atoms with van der Waals surface area (Å²) >= 11 is 0. The van der Waals surface area contributed by atoms with Gasteiger partial charge in [0.25, 0.3) is 5.91 Å². The first kappa shape index (κ1) is 13.8. The normalized spacial score (nSPS) is 22.0. The number of pyridine rings is 1. The van der Waals surface area contributed by atoms with Gasteiger partial charge in [-0.15, -0.1) is 0 Å². The molecule has 3 rings (SSSR count). The molecule has 0 spiro atoms. The summed E-state index contributed by atoms with van der Waals surface area (Å²) in [5.41, 5.74) is 7.01. The number of nitrogens with two attached hydrogens (primary N) is 1. The number of nitrogens with one attached hydrogen (secondary N) is 1. The molecule has 0 bridgehead atoms.